The van der Waals surface area contributed by atoms with Gasteiger partial charge in [0.15, 0.2) is 0 Å². The highest BCUT2D eigenvalue weighted by atomic mass is 32.2. The van der Waals surface area contributed by atoms with E-state index in [2.05, 4.69) is 0 Å². The van der Waals surface area contributed by atoms with Gasteiger partial charge < -0.3 is 10.0 Å². The molecule has 1 saturated carbocycles. The average molecular weight is 295 g/mol. The van der Waals surface area contributed by atoms with Crippen molar-refractivity contribution in [2.24, 2.45) is 5.92 Å². The lowest BCUT2D eigenvalue weighted by molar-refractivity contribution is -0.156. The van der Waals surface area contributed by atoms with Crippen molar-refractivity contribution < 1.29 is 14.3 Å². The smallest absolute Gasteiger partial charge is 0.232 e. The average Bonchev–Trinajstić information content (AvgIpc) is 3.22. The first-order valence-corrected chi connectivity index (χ1v) is 8.05. The molecule has 0 aromatic heterocycles. The summed E-state index contributed by atoms with van der Waals surface area (Å²) in [7, 11) is 0. The molecule has 2 fully saturated rings. The fourth-order valence-electron chi connectivity index (χ4n) is 2.60. The van der Waals surface area contributed by atoms with E-state index in [1.54, 1.807) is 17.0 Å². The molecule has 3 nitrogen and oxygen atoms in total. The summed E-state index contributed by atoms with van der Waals surface area (Å²) in [6.07, 6.45) is 2.19. The molecule has 0 atom stereocenters. The van der Waals surface area contributed by atoms with E-state index in [1.807, 2.05) is 0 Å². The maximum absolute atomic E-state index is 12.7. The van der Waals surface area contributed by atoms with E-state index >= 15 is 0 Å². The zero-order valence-corrected chi connectivity index (χ0v) is 12.0. The minimum Gasteiger partial charge on any atom is -0.386 e. The predicted octanol–water partition coefficient (Wildman–Crippen LogP) is 2.04. The fourth-order valence-corrected chi connectivity index (χ4v) is 3.49. The van der Waals surface area contributed by atoms with Gasteiger partial charge in [-0.25, -0.2) is 4.39 Å². The van der Waals surface area contributed by atoms with Crippen molar-refractivity contribution in [3.63, 3.8) is 0 Å². The minimum atomic E-state index is -0.600. The Morgan fingerprint density at radius 3 is 2.60 bits per heavy atom. The first-order valence-electron chi connectivity index (χ1n) is 6.89. The number of likely N-dealkylation sites (tertiary alicyclic amines) is 1. The quantitative estimate of drug-likeness (QED) is 0.904. The lowest BCUT2D eigenvalue weighted by Crippen LogP contribution is -2.65. The second kappa shape index (κ2) is 5.37. The predicted molar refractivity (Wildman–Crippen MR) is 76.8 cm³/mol. The maximum atomic E-state index is 12.7. The molecule has 1 saturated heterocycles. The van der Waals surface area contributed by atoms with E-state index in [4.69, 9.17) is 0 Å². The molecule has 0 spiro atoms. The SMILES string of the molecule is O=C(CSCc1ccc(F)cc1)N1CC(O)(C2CC2)C1. The molecule has 1 aliphatic carbocycles. The van der Waals surface area contributed by atoms with Gasteiger partial charge in [0.25, 0.3) is 0 Å². The second-order valence-corrected chi connectivity index (χ2v) is 6.73. The molecule has 20 heavy (non-hydrogen) atoms. The third-order valence-corrected chi connectivity index (χ3v) is 5.02. The summed E-state index contributed by atoms with van der Waals surface area (Å²) in [4.78, 5) is 13.7. The van der Waals surface area contributed by atoms with Crippen molar-refractivity contribution in [2.45, 2.75) is 24.2 Å². The van der Waals surface area contributed by atoms with Crippen molar-refractivity contribution >= 4 is 17.7 Å². The number of rotatable bonds is 5. The number of aliphatic hydroxyl groups is 1. The molecule has 5 heteroatoms. The summed E-state index contributed by atoms with van der Waals surface area (Å²) >= 11 is 1.53. The Morgan fingerprint density at radius 2 is 2.00 bits per heavy atom. The number of nitrogens with zero attached hydrogens (tertiary/aromatic N) is 1. The lowest BCUT2D eigenvalue weighted by atomic mass is 9.89. The molecule has 1 N–H and O–H groups in total. The number of benzene rings is 1. The summed E-state index contributed by atoms with van der Waals surface area (Å²) in [6.45, 7) is 0.987. The monoisotopic (exact) mass is 295 g/mol. The number of halogens is 1. The normalized spacial score (nSPS) is 20.6. The zero-order chi connectivity index (χ0) is 14.2. The van der Waals surface area contributed by atoms with Gasteiger partial charge in [-0.2, -0.15) is 0 Å². The van der Waals surface area contributed by atoms with Crippen LogP contribution in [0, 0.1) is 11.7 Å². The molecule has 1 aromatic rings. The number of hydrogen-bond acceptors (Lipinski definition) is 3. The van der Waals surface area contributed by atoms with Crippen LogP contribution < -0.4 is 0 Å². The van der Waals surface area contributed by atoms with Crippen LogP contribution in [-0.4, -0.2) is 40.4 Å². The molecule has 1 heterocycles. The standard InChI is InChI=1S/C15H18FNO2S/c16-13-5-1-11(2-6-13)7-20-8-14(18)17-9-15(19,10-17)12-3-4-12/h1-2,5-6,12,19H,3-4,7-10H2. The van der Waals surface area contributed by atoms with Crippen LogP contribution in [0.25, 0.3) is 0 Å². The van der Waals surface area contributed by atoms with Crippen molar-refractivity contribution in [3.05, 3.63) is 35.6 Å². The van der Waals surface area contributed by atoms with Gasteiger partial charge in [-0.05, 0) is 36.5 Å². The van der Waals surface area contributed by atoms with Crippen LogP contribution in [0.4, 0.5) is 4.39 Å². The molecule has 1 aromatic carbocycles. The highest BCUT2D eigenvalue weighted by Gasteiger charge is 2.53. The Balaban J connectivity index is 1.39. The van der Waals surface area contributed by atoms with Crippen LogP contribution in [0.5, 0.6) is 0 Å². The van der Waals surface area contributed by atoms with Crippen molar-refractivity contribution in [3.8, 4) is 0 Å². The summed E-state index contributed by atoms with van der Waals surface area (Å²) in [5.74, 6) is 1.38. The van der Waals surface area contributed by atoms with Crippen molar-refractivity contribution in [2.75, 3.05) is 18.8 Å². The summed E-state index contributed by atoms with van der Waals surface area (Å²) in [5.41, 5.74) is 0.416. The van der Waals surface area contributed by atoms with Gasteiger partial charge >= 0.3 is 0 Å². The first kappa shape index (κ1) is 13.9. The lowest BCUT2D eigenvalue weighted by Gasteiger charge is -2.47. The molecular weight excluding hydrogens is 277 g/mol. The van der Waals surface area contributed by atoms with Gasteiger partial charge in [0.2, 0.25) is 5.91 Å². The Bertz CT molecular complexity index is 495. The van der Waals surface area contributed by atoms with Crippen LogP contribution in [-0.2, 0) is 10.5 Å². The summed E-state index contributed by atoms with van der Waals surface area (Å²) < 4.78 is 12.7. The Morgan fingerprint density at radius 1 is 1.35 bits per heavy atom. The van der Waals surface area contributed by atoms with Crippen LogP contribution in [0.3, 0.4) is 0 Å². The molecule has 0 bridgehead atoms. The molecule has 1 amide bonds. The number of β-amino-alcohol motifs (C(OH)–C–C–N with tert-alkyl or cyclic N) is 1. The molecule has 1 aliphatic heterocycles. The maximum Gasteiger partial charge on any atom is 0.232 e. The van der Waals surface area contributed by atoms with Gasteiger partial charge in [0, 0.05) is 5.75 Å². The highest BCUT2D eigenvalue weighted by molar-refractivity contribution is 7.99. The van der Waals surface area contributed by atoms with E-state index in [1.165, 1.54) is 23.9 Å². The van der Waals surface area contributed by atoms with Crippen LogP contribution >= 0.6 is 11.8 Å². The van der Waals surface area contributed by atoms with Gasteiger partial charge in [-0.15, -0.1) is 11.8 Å². The summed E-state index contributed by atoms with van der Waals surface area (Å²) in [6, 6.07) is 6.34. The topological polar surface area (TPSA) is 40.5 Å². The van der Waals surface area contributed by atoms with Crippen LogP contribution in [0.2, 0.25) is 0 Å². The molecule has 2 aliphatic rings. The van der Waals surface area contributed by atoms with Crippen molar-refractivity contribution in [1.82, 2.24) is 4.90 Å². The number of carbonyl (C=O) groups is 1. The Hall–Kier alpha value is -1.07. The van der Waals surface area contributed by atoms with Crippen molar-refractivity contribution in [1.29, 1.82) is 0 Å². The second-order valence-electron chi connectivity index (χ2n) is 5.75. The van der Waals surface area contributed by atoms with Gasteiger partial charge in [0.05, 0.1) is 18.8 Å². The molecule has 108 valence electrons. The number of carbonyl (C=O) groups excluding carboxylic acids is 1. The van der Waals surface area contributed by atoms with E-state index in [0.29, 0.717) is 30.5 Å². The molecule has 0 radical (unpaired) electrons. The van der Waals surface area contributed by atoms with Crippen LogP contribution in [0.1, 0.15) is 18.4 Å². The number of thioether (sulfide) groups is 1. The van der Waals surface area contributed by atoms with E-state index < -0.39 is 5.60 Å². The number of amides is 1. The third-order valence-electron chi connectivity index (χ3n) is 4.03. The first-order chi connectivity index (χ1) is 9.57. The molecular formula is C15H18FNO2S. The van der Waals surface area contributed by atoms with Gasteiger partial charge in [0.1, 0.15) is 11.4 Å². The van der Waals surface area contributed by atoms with Gasteiger partial charge in [-0.1, -0.05) is 12.1 Å². The third kappa shape index (κ3) is 2.99. The zero-order valence-electron chi connectivity index (χ0n) is 11.2. The van der Waals surface area contributed by atoms with E-state index in [-0.39, 0.29) is 11.7 Å². The largest absolute Gasteiger partial charge is 0.386 e. The van der Waals surface area contributed by atoms with E-state index in [0.717, 1.165) is 18.4 Å². The molecule has 0 unspecified atom stereocenters. The van der Waals surface area contributed by atoms with Gasteiger partial charge in [-0.3, -0.25) is 4.79 Å². The van der Waals surface area contributed by atoms with Crippen LogP contribution in [0.15, 0.2) is 24.3 Å². The fraction of sp³-hybridized carbons (Fsp3) is 0.533. The Labute approximate surface area is 122 Å². The molecule has 3 rings (SSSR count). The minimum absolute atomic E-state index is 0.0856. The number of hydrogen-bond donors (Lipinski definition) is 1. The highest BCUT2D eigenvalue weighted by Crippen LogP contribution is 2.44. The summed E-state index contributed by atoms with van der Waals surface area (Å²) in [5, 5.41) is 10.2. The Kier molecular flexibility index (Phi) is 3.73. The van der Waals surface area contributed by atoms with E-state index in [9.17, 15) is 14.3 Å².